The molecule has 2 atom stereocenters. The van der Waals surface area contributed by atoms with Crippen LogP contribution in [0.2, 0.25) is 0 Å². The molecule has 0 saturated heterocycles. The number of aliphatic hydroxyl groups excluding tert-OH is 1. The molecular formula is C14H28N2O. The third kappa shape index (κ3) is 3.67. The number of hydrogen-bond donors (Lipinski definition) is 2. The molecule has 0 radical (unpaired) electrons. The fraction of sp³-hybridized carbons (Fsp3) is 1.00. The maximum atomic E-state index is 9.18. The summed E-state index contributed by atoms with van der Waals surface area (Å²) in [4.78, 5) is 2.50. The highest BCUT2D eigenvalue weighted by Gasteiger charge is 2.29. The van der Waals surface area contributed by atoms with E-state index in [1.54, 1.807) is 0 Å². The van der Waals surface area contributed by atoms with Crippen molar-refractivity contribution in [1.82, 2.24) is 4.90 Å². The van der Waals surface area contributed by atoms with Gasteiger partial charge in [0.15, 0.2) is 0 Å². The zero-order valence-electron chi connectivity index (χ0n) is 11.0. The predicted molar refractivity (Wildman–Crippen MR) is 70.8 cm³/mol. The van der Waals surface area contributed by atoms with Crippen LogP contribution in [0.15, 0.2) is 0 Å². The molecule has 0 amide bonds. The molecule has 0 aromatic rings. The molecule has 0 heterocycles. The van der Waals surface area contributed by atoms with Crippen LogP contribution in [-0.4, -0.2) is 41.8 Å². The van der Waals surface area contributed by atoms with Gasteiger partial charge in [-0.15, -0.1) is 0 Å². The Morgan fingerprint density at radius 2 is 1.76 bits per heavy atom. The van der Waals surface area contributed by atoms with Crippen LogP contribution in [0.1, 0.15) is 51.4 Å². The van der Waals surface area contributed by atoms with Crippen LogP contribution in [0.3, 0.4) is 0 Å². The molecule has 0 spiro atoms. The van der Waals surface area contributed by atoms with E-state index in [2.05, 4.69) is 4.90 Å². The van der Waals surface area contributed by atoms with Crippen molar-refractivity contribution in [3.8, 4) is 0 Å². The number of aliphatic hydroxyl groups is 1. The van der Waals surface area contributed by atoms with E-state index in [-0.39, 0.29) is 0 Å². The van der Waals surface area contributed by atoms with E-state index in [4.69, 9.17) is 5.73 Å². The predicted octanol–water partition coefficient (Wildman–Crippen LogP) is 1.74. The van der Waals surface area contributed by atoms with Crippen LogP contribution < -0.4 is 5.73 Å². The maximum Gasteiger partial charge on any atom is 0.0558 e. The Hall–Kier alpha value is -0.120. The van der Waals surface area contributed by atoms with Gasteiger partial charge < -0.3 is 10.8 Å². The molecule has 2 aliphatic carbocycles. The zero-order valence-corrected chi connectivity index (χ0v) is 11.0. The Labute approximate surface area is 105 Å². The van der Waals surface area contributed by atoms with Gasteiger partial charge in [0.1, 0.15) is 0 Å². The summed E-state index contributed by atoms with van der Waals surface area (Å²) in [7, 11) is 0. The second kappa shape index (κ2) is 6.72. The van der Waals surface area contributed by atoms with Crippen LogP contribution in [0, 0.1) is 5.92 Å². The van der Waals surface area contributed by atoms with Crippen LogP contribution >= 0.6 is 0 Å². The Kier molecular flexibility index (Phi) is 5.26. The first-order valence-electron chi connectivity index (χ1n) is 7.41. The third-order valence-corrected chi connectivity index (χ3v) is 4.67. The Morgan fingerprint density at radius 3 is 2.41 bits per heavy atom. The number of hydrogen-bond acceptors (Lipinski definition) is 3. The number of nitrogens with zero attached hydrogens (tertiary/aromatic N) is 1. The minimum atomic E-state index is 0.290. The van der Waals surface area contributed by atoms with Crippen molar-refractivity contribution < 1.29 is 5.11 Å². The van der Waals surface area contributed by atoms with Crippen molar-refractivity contribution in [3.63, 3.8) is 0 Å². The van der Waals surface area contributed by atoms with E-state index in [0.717, 1.165) is 19.1 Å². The molecule has 0 aromatic carbocycles. The van der Waals surface area contributed by atoms with Gasteiger partial charge in [-0.3, -0.25) is 4.90 Å². The van der Waals surface area contributed by atoms with Crippen molar-refractivity contribution in [2.75, 3.05) is 19.7 Å². The van der Waals surface area contributed by atoms with Crippen LogP contribution in [-0.2, 0) is 0 Å². The summed E-state index contributed by atoms with van der Waals surface area (Å²) in [6, 6.07) is 1.12. The highest BCUT2D eigenvalue weighted by molar-refractivity contribution is 4.85. The fourth-order valence-corrected chi connectivity index (χ4v) is 3.24. The lowest BCUT2D eigenvalue weighted by Gasteiger charge is -2.40. The Morgan fingerprint density at radius 1 is 1.00 bits per heavy atom. The molecule has 2 aliphatic rings. The lowest BCUT2D eigenvalue weighted by molar-refractivity contribution is 0.0786. The highest BCUT2D eigenvalue weighted by Crippen LogP contribution is 2.28. The van der Waals surface area contributed by atoms with Crippen LogP contribution in [0.5, 0.6) is 0 Å². The highest BCUT2D eigenvalue weighted by atomic mass is 16.3. The first kappa shape index (κ1) is 13.3. The topological polar surface area (TPSA) is 49.5 Å². The third-order valence-electron chi connectivity index (χ3n) is 4.67. The SMILES string of the molecule is NC1CCCCCC1CN(CCO)C1CCC1. The van der Waals surface area contributed by atoms with Gasteiger partial charge >= 0.3 is 0 Å². The molecule has 2 unspecified atom stereocenters. The van der Waals surface area contributed by atoms with Gasteiger partial charge in [-0.1, -0.05) is 25.7 Å². The molecular weight excluding hydrogens is 212 g/mol. The maximum absolute atomic E-state index is 9.18. The summed E-state index contributed by atoms with van der Waals surface area (Å²) in [6.07, 6.45) is 10.5. The molecule has 3 heteroatoms. The minimum Gasteiger partial charge on any atom is -0.395 e. The molecule has 0 bridgehead atoms. The average Bonchev–Trinajstić information content (AvgIpc) is 2.42. The van der Waals surface area contributed by atoms with E-state index in [1.165, 1.54) is 51.4 Å². The Balaban J connectivity index is 1.85. The molecule has 0 aromatic heterocycles. The molecule has 3 N–H and O–H groups in total. The van der Waals surface area contributed by atoms with Crippen LogP contribution in [0.25, 0.3) is 0 Å². The van der Waals surface area contributed by atoms with E-state index < -0.39 is 0 Å². The number of nitrogens with two attached hydrogens (primary N) is 1. The van der Waals surface area contributed by atoms with E-state index in [1.807, 2.05) is 0 Å². The van der Waals surface area contributed by atoms with Crippen LogP contribution in [0.4, 0.5) is 0 Å². The summed E-state index contributed by atoms with van der Waals surface area (Å²) >= 11 is 0. The molecule has 100 valence electrons. The van der Waals surface area contributed by atoms with E-state index in [9.17, 15) is 5.11 Å². The first-order chi connectivity index (χ1) is 8.31. The second-order valence-electron chi connectivity index (χ2n) is 5.87. The van der Waals surface area contributed by atoms with Gasteiger partial charge in [0.25, 0.3) is 0 Å². The molecule has 2 saturated carbocycles. The van der Waals surface area contributed by atoms with Gasteiger partial charge in [0.2, 0.25) is 0 Å². The summed E-state index contributed by atoms with van der Waals surface area (Å²) in [6.45, 7) is 2.25. The smallest absolute Gasteiger partial charge is 0.0558 e. The summed E-state index contributed by atoms with van der Waals surface area (Å²) in [5, 5.41) is 9.18. The quantitative estimate of drug-likeness (QED) is 0.720. The normalized spacial score (nSPS) is 31.2. The van der Waals surface area contributed by atoms with Gasteiger partial charge in [0, 0.05) is 25.2 Å². The lowest BCUT2D eigenvalue weighted by Crippen LogP contribution is -2.47. The largest absolute Gasteiger partial charge is 0.395 e. The zero-order chi connectivity index (χ0) is 12.1. The Bertz CT molecular complexity index is 218. The summed E-state index contributed by atoms with van der Waals surface area (Å²) in [5.74, 6) is 0.657. The molecule has 0 aliphatic heterocycles. The number of rotatable bonds is 5. The van der Waals surface area contributed by atoms with E-state index in [0.29, 0.717) is 18.6 Å². The van der Waals surface area contributed by atoms with E-state index >= 15 is 0 Å². The van der Waals surface area contributed by atoms with Crippen molar-refractivity contribution in [1.29, 1.82) is 0 Å². The second-order valence-corrected chi connectivity index (χ2v) is 5.87. The molecule has 2 rings (SSSR count). The van der Waals surface area contributed by atoms with Crippen molar-refractivity contribution >= 4 is 0 Å². The molecule has 17 heavy (non-hydrogen) atoms. The lowest BCUT2D eigenvalue weighted by atomic mass is 9.88. The molecule has 3 nitrogen and oxygen atoms in total. The molecule has 2 fully saturated rings. The van der Waals surface area contributed by atoms with Gasteiger partial charge in [-0.2, -0.15) is 0 Å². The average molecular weight is 240 g/mol. The van der Waals surface area contributed by atoms with Crippen molar-refractivity contribution in [2.45, 2.75) is 63.5 Å². The van der Waals surface area contributed by atoms with Gasteiger partial charge in [0.05, 0.1) is 6.61 Å². The fourth-order valence-electron chi connectivity index (χ4n) is 3.24. The van der Waals surface area contributed by atoms with Crippen molar-refractivity contribution in [3.05, 3.63) is 0 Å². The first-order valence-corrected chi connectivity index (χ1v) is 7.41. The minimum absolute atomic E-state index is 0.290. The summed E-state index contributed by atoms with van der Waals surface area (Å²) in [5.41, 5.74) is 6.29. The van der Waals surface area contributed by atoms with Gasteiger partial charge in [-0.25, -0.2) is 0 Å². The monoisotopic (exact) mass is 240 g/mol. The standard InChI is InChI=1S/C14H28N2O/c15-14-8-3-1-2-5-12(14)11-16(9-10-17)13-6-4-7-13/h12-14,17H,1-11,15H2. The van der Waals surface area contributed by atoms with Crippen molar-refractivity contribution in [2.24, 2.45) is 11.7 Å². The summed E-state index contributed by atoms with van der Waals surface area (Å²) < 4.78 is 0. The van der Waals surface area contributed by atoms with Gasteiger partial charge in [-0.05, 0) is 31.6 Å².